The van der Waals surface area contributed by atoms with Gasteiger partial charge in [-0.15, -0.1) is 0 Å². The minimum atomic E-state index is -3.26. The third-order valence-electron chi connectivity index (χ3n) is 4.35. The Hall–Kier alpha value is -0.910. The molecule has 21 heavy (non-hydrogen) atoms. The Morgan fingerprint density at radius 1 is 1.29 bits per heavy atom. The summed E-state index contributed by atoms with van der Waals surface area (Å²) in [6.45, 7) is 3.45. The first-order chi connectivity index (χ1) is 9.91. The minimum Gasteiger partial charge on any atom is -0.195 e. The van der Waals surface area contributed by atoms with E-state index in [2.05, 4.69) is 31.2 Å². The topological polar surface area (TPSA) is 40.6 Å². The zero-order valence-corrected chi connectivity index (χ0v) is 14.1. The zero-order valence-electron chi connectivity index (χ0n) is 13.2. The van der Waals surface area contributed by atoms with E-state index in [-0.39, 0.29) is 0 Å². The molecule has 2 rings (SSSR count). The molecule has 0 spiro atoms. The molecule has 0 saturated carbocycles. The van der Waals surface area contributed by atoms with Crippen molar-refractivity contribution in [3.8, 4) is 0 Å². The van der Waals surface area contributed by atoms with Crippen LogP contribution >= 0.6 is 0 Å². The van der Waals surface area contributed by atoms with Crippen LogP contribution in [0.1, 0.15) is 30.4 Å². The summed E-state index contributed by atoms with van der Waals surface area (Å²) < 4.78 is 27.4. The largest absolute Gasteiger partial charge is 0.281 e. The molecule has 1 aliphatic heterocycles. The van der Waals surface area contributed by atoms with Gasteiger partial charge < -0.3 is 0 Å². The summed E-state index contributed by atoms with van der Waals surface area (Å²) in [5.74, 6) is 0.466. The molecule has 1 saturated heterocycles. The normalized spacial score (nSPS) is 20.9. The lowest BCUT2D eigenvalue weighted by Crippen LogP contribution is -2.45. The highest BCUT2D eigenvalue weighted by Gasteiger charge is 2.30. The fraction of sp³-hybridized carbons (Fsp3) is 0.625. The number of nitrogens with zero attached hydrogens (tertiary/aromatic N) is 2. The Morgan fingerprint density at radius 2 is 2.00 bits per heavy atom. The van der Waals surface area contributed by atoms with Gasteiger partial charge in [0.25, 0.3) is 10.2 Å². The molecule has 118 valence electrons. The summed E-state index contributed by atoms with van der Waals surface area (Å²) in [5, 5.41) is 0. The number of hydrogen-bond donors (Lipinski definition) is 0. The molecule has 1 unspecified atom stereocenters. The molecule has 1 aromatic carbocycles. The van der Waals surface area contributed by atoms with E-state index in [1.54, 1.807) is 18.4 Å². The fourth-order valence-electron chi connectivity index (χ4n) is 2.95. The van der Waals surface area contributed by atoms with E-state index in [0.29, 0.717) is 19.0 Å². The molecule has 1 aromatic rings. The third kappa shape index (κ3) is 4.05. The van der Waals surface area contributed by atoms with Crippen LogP contribution in [0.5, 0.6) is 0 Å². The summed E-state index contributed by atoms with van der Waals surface area (Å²) in [4.78, 5) is 0. The highest BCUT2D eigenvalue weighted by molar-refractivity contribution is 7.86. The van der Waals surface area contributed by atoms with Gasteiger partial charge in [0.2, 0.25) is 0 Å². The molecule has 0 amide bonds. The van der Waals surface area contributed by atoms with Crippen LogP contribution in [0.4, 0.5) is 0 Å². The standard InChI is InChI=1S/C16H26N2O2S/c1-14-7-4-5-9-16(14)11-10-15-8-6-12-18(13-15)21(19,20)17(2)3/h4-5,7,9,15H,6,8,10-13H2,1-3H3. The van der Waals surface area contributed by atoms with Gasteiger partial charge in [-0.1, -0.05) is 24.3 Å². The molecule has 0 radical (unpaired) electrons. The van der Waals surface area contributed by atoms with Crippen molar-refractivity contribution < 1.29 is 8.42 Å². The summed E-state index contributed by atoms with van der Waals surface area (Å²) in [7, 11) is -0.0504. The van der Waals surface area contributed by atoms with Crippen LogP contribution in [0.3, 0.4) is 0 Å². The molecule has 1 fully saturated rings. The maximum atomic E-state index is 12.2. The number of piperidine rings is 1. The lowest BCUT2D eigenvalue weighted by molar-refractivity contribution is 0.246. The first-order valence-corrected chi connectivity index (χ1v) is 9.03. The molecular weight excluding hydrogens is 284 g/mol. The second-order valence-electron chi connectivity index (χ2n) is 6.12. The molecule has 5 heteroatoms. The number of aryl methyl sites for hydroxylation is 2. The highest BCUT2D eigenvalue weighted by atomic mass is 32.2. The van der Waals surface area contributed by atoms with Gasteiger partial charge in [0, 0.05) is 27.2 Å². The Morgan fingerprint density at radius 3 is 2.67 bits per heavy atom. The molecule has 0 aromatic heterocycles. The van der Waals surface area contributed by atoms with E-state index in [4.69, 9.17) is 0 Å². The van der Waals surface area contributed by atoms with Crippen molar-refractivity contribution in [1.29, 1.82) is 0 Å². The third-order valence-corrected chi connectivity index (χ3v) is 6.26. The van der Waals surface area contributed by atoms with Crippen LogP contribution in [0.2, 0.25) is 0 Å². The van der Waals surface area contributed by atoms with E-state index in [0.717, 1.165) is 25.7 Å². The zero-order chi connectivity index (χ0) is 15.5. The van der Waals surface area contributed by atoms with E-state index >= 15 is 0 Å². The Balaban J connectivity index is 1.95. The van der Waals surface area contributed by atoms with Gasteiger partial charge in [0.15, 0.2) is 0 Å². The highest BCUT2D eigenvalue weighted by Crippen LogP contribution is 2.24. The van der Waals surface area contributed by atoms with Crippen molar-refractivity contribution in [1.82, 2.24) is 8.61 Å². The quantitative estimate of drug-likeness (QED) is 0.838. The minimum absolute atomic E-state index is 0.466. The van der Waals surface area contributed by atoms with Crippen LogP contribution in [-0.4, -0.2) is 44.2 Å². The van der Waals surface area contributed by atoms with Gasteiger partial charge in [0.1, 0.15) is 0 Å². The second-order valence-corrected chi connectivity index (χ2v) is 8.26. The Kier molecular flexibility index (Phi) is 5.41. The molecule has 0 aliphatic carbocycles. The van der Waals surface area contributed by atoms with Gasteiger partial charge in [-0.05, 0) is 49.7 Å². The first kappa shape index (κ1) is 16.5. The number of rotatable bonds is 5. The summed E-state index contributed by atoms with van der Waals surface area (Å²) in [5.41, 5.74) is 2.70. The van der Waals surface area contributed by atoms with Gasteiger partial charge >= 0.3 is 0 Å². The van der Waals surface area contributed by atoms with E-state index in [1.165, 1.54) is 15.4 Å². The smallest absolute Gasteiger partial charge is 0.195 e. The molecule has 0 N–H and O–H groups in total. The lowest BCUT2D eigenvalue weighted by Gasteiger charge is -2.33. The maximum Gasteiger partial charge on any atom is 0.281 e. The Labute approximate surface area is 128 Å². The molecule has 1 atom stereocenters. The predicted octanol–water partition coefficient (Wildman–Crippen LogP) is 2.45. The van der Waals surface area contributed by atoms with Crippen LogP contribution in [0, 0.1) is 12.8 Å². The number of hydrogen-bond acceptors (Lipinski definition) is 2. The van der Waals surface area contributed by atoms with Crippen molar-refractivity contribution in [3.63, 3.8) is 0 Å². The fourth-order valence-corrected chi connectivity index (χ4v) is 4.17. The lowest BCUT2D eigenvalue weighted by atomic mass is 9.91. The SMILES string of the molecule is Cc1ccccc1CCC1CCCN(S(=O)(=O)N(C)C)C1. The Bertz CT molecular complexity index is 569. The average molecular weight is 310 g/mol. The van der Waals surface area contributed by atoms with Crippen molar-refractivity contribution in [2.24, 2.45) is 5.92 Å². The van der Waals surface area contributed by atoms with Gasteiger partial charge in [0.05, 0.1) is 0 Å². The van der Waals surface area contributed by atoms with E-state index < -0.39 is 10.2 Å². The van der Waals surface area contributed by atoms with Crippen molar-refractivity contribution in [2.45, 2.75) is 32.6 Å². The van der Waals surface area contributed by atoms with Crippen LogP contribution < -0.4 is 0 Å². The van der Waals surface area contributed by atoms with Crippen molar-refractivity contribution in [3.05, 3.63) is 35.4 Å². The number of benzene rings is 1. The average Bonchev–Trinajstić information content (AvgIpc) is 2.46. The van der Waals surface area contributed by atoms with Crippen molar-refractivity contribution >= 4 is 10.2 Å². The molecule has 4 nitrogen and oxygen atoms in total. The monoisotopic (exact) mass is 310 g/mol. The van der Waals surface area contributed by atoms with Crippen molar-refractivity contribution in [2.75, 3.05) is 27.2 Å². The summed E-state index contributed by atoms with van der Waals surface area (Å²) in [6, 6.07) is 8.45. The molecular formula is C16H26N2O2S. The van der Waals surface area contributed by atoms with Gasteiger partial charge in [-0.25, -0.2) is 0 Å². The molecule has 1 heterocycles. The maximum absolute atomic E-state index is 12.2. The van der Waals surface area contributed by atoms with E-state index in [9.17, 15) is 8.42 Å². The van der Waals surface area contributed by atoms with Gasteiger partial charge in [-0.2, -0.15) is 17.0 Å². The van der Waals surface area contributed by atoms with E-state index in [1.807, 2.05) is 0 Å². The van der Waals surface area contributed by atoms with Crippen LogP contribution in [0.15, 0.2) is 24.3 Å². The van der Waals surface area contributed by atoms with Gasteiger partial charge in [-0.3, -0.25) is 0 Å². The molecule has 1 aliphatic rings. The predicted molar refractivity (Wildman–Crippen MR) is 86.4 cm³/mol. The second kappa shape index (κ2) is 6.90. The van der Waals surface area contributed by atoms with Crippen LogP contribution in [0.25, 0.3) is 0 Å². The summed E-state index contributed by atoms with van der Waals surface area (Å²) >= 11 is 0. The summed E-state index contributed by atoms with van der Waals surface area (Å²) in [6.07, 6.45) is 4.19. The first-order valence-electron chi connectivity index (χ1n) is 7.63. The molecule has 0 bridgehead atoms. The van der Waals surface area contributed by atoms with Crippen LogP contribution in [-0.2, 0) is 16.6 Å².